The number of benzene rings is 1. The molecule has 1 atom stereocenters. The normalized spacial score (nSPS) is 17.6. The third-order valence-corrected chi connectivity index (χ3v) is 3.86. The molecule has 3 N–H and O–H groups in total. The first-order valence-corrected chi connectivity index (χ1v) is 6.80. The number of nitrogen functional groups attached to an aromatic ring is 1. The van der Waals surface area contributed by atoms with E-state index >= 15 is 0 Å². The number of carbonyl (C=O) groups is 1. The molecule has 5 nitrogen and oxygen atoms in total. The van der Waals surface area contributed by atoms with Gasteiger partial charge in [0.15, 0.2) is 0 Å². The molecule has 0 aliphatic heterocycles. The zero-order valence-corrected chi connectivity index (χ0v) is 11.5. The first-order valence-electron chi connectivity index (χ1n) is 6.80. The number of rotatable bonds is 2. The van der Waals surface area contributed by atoms with E-state index in [0.717, 1.165) is 19.3 Å². The number of anilines is 1. The van der Waals surface area contributed by atoms with E-state index in [9.17, 15) is 4.79 Å². The summed E-state index contributed by atoms with van der Waals surface area (Å²) in [6.45, 7) is 0. The van der Waals surface area contributed by atoms with E-state index in [1.54, 1.807) is 7.05 Å². The molecule has 1 aliphatic carbocycles. The predicted octanol–water partition coefficient (Wildman–Crippen LogP) is 1.29. The zero-order valence-electron chi connectivity index (χ0n) is 11.5. The van der Waals surface area contributed by atoms with E-state index in [1.165, 1.54) is 22.0 Å². The van der Waals surface area contributed by atoms with Gasteiger partial charge in [0, 0.05) is 13.1 Å². The first-order chi connectivity index (χ1) is 9.65. The van der Waals surface area contributed by atoms with Crippen LogP contribution >= 0.6 is 0 Å². The van der Waals surface area contributed by atoms with E-state index in [-0.39, 0.29) is 11.9 Å². The summed E-state index contributed by atoms with van der Waals surface area (Å²) >= 11 is 0. The van der Waals surface area contributed by atoms with Gasteiger partial charge in [0.05, 0.1) is 11.9 Å². The lowest BCUT2D eigenvalue weighted by Crippen LogP contribution is -2.39. The molecule has 0 saturated heterocycles. The molecule has 1 aromatic carbocycles. The van der Waals surface area contributed by atoms with Crippen LogP contribution < -0.4 is 11.1 Å². The minimum atomic E-state index is -0.146. The van der Waals surface area contributed by atoms with E-state index in [4.69, 9.17) is 5.73 Å². The molecule has 0 bridgehead atoms. The topological polar surface area (TPSA) is 72.9 Å². The highest BCUT2D eigenvalue weighted by atomic mass is 16.2. The highest BCUT2D eigenvalue weighted by Gasteiger charge is 2.22. The standard InChI is InChI=1S/C15H18N4O/c1-19-14(13(16)9-17-19)15(20)18-12-7-6-10-4-2-3-5-11(10)8-12/h2-5,9,12H,6-8,16H2,1H3,(H,18,20). The van der Waals surface area contributed by atoms with Crippen molar-refractivity contribution in [1.82, 2.24) is 15.1 Å². The average molecular weight is 270 g/mol. The van der Waals surface area contributed by atoms with Crippen LogP contribution in [-0.2, 0) is 19.9 Å². The van der Waals surface area contributed by atoms with Gasteiger partial charge >= 0.3 is 0 Å². The zero-order chi connectivity index (χ0) is 14.1. The van der Waals surface area contributed by atoms with Crippen molar-refractivity contribution in [3.63, 3.8) is 0 Å². The van der Waals surface area contributed by atoms with E-state index in [2.05, 4.69) is 28.6 Å². The lowest BCUT2D eigenvalue weighted by Gasteiger charge is -2.25. The molecule has 1 amide bonds. The van der Waals surface area contributed by atoms with Crippen molar-refractivity contribution in [2.75, 3.05) is 5.73 Å². The maximum atomic E-state index is 12.3. The maximum absolute atomic E-state index is 12.3. The molecule has 104 valence electrons. The molecular weight excluding hydrogens is 252 g/mol. The molecule has 1 aromatic heterocycles. The Morgan fingerprint density at radius 3 is 2.85 bits per heavy atom. The first kappa shape index (κ1) is 12.7. The van der Waals surface area contributed by atoms with Crippen LogP contribution in [0.3, 0.4) is 0 Å². The average Bonchev–Trinajstić information content (AvgIpc) is 2.78. The molecule has 2 aromatic rings. The lowest BCUT2D eigenvalue weighted by atomic mass is 9.88. The van der Waals surface area contributed by atoms with Gasteiger partial charge in [-0.3, -0.25) is 9.48 Å². The number of aromatic nitrogens is 2. The summed E-state index contributed by atoms with van der Waals surface area (Å²) in [6, 6.07) is 8.56. The molecule has 0 spiro atoms. The van der Waals surface area contributed by atoms with Crippen LogP contribution in [0.4, 0.5) is 5.69 Å². The fourth-order valence-corrected chi connectivity index (χ4v) is 2.81. The highest BCUT2D eigenvalue weighted by Crippen LogP contribution is 2.21. The van der Waals surface area contributed by atoms with Gasteiger partial charge in [0.1, 0.15) is 5.69 Å². The molecule has 0 fully saturated rings. The molecule has 5 heteroatoms. The van der Waals surface area contributed by atoms with Crippen molar-refractivity contribution in [2.45, 2.75) is 25.3 Å². The van der Waals surface area contributed by atoms with Crippen LogP contribution in [-0.4, -0.2) is 21.7 Å². The molecule has 0 saturated carbocycles. The van der Waals surface area contributed by atoms with Crippen LogP contribution in [0.2, 0.25) is 0 Å². The van der Waals surface area contributed by atoms with E-state index in [1.807, 2.05) is 6.07 Å². The van der Waals surface area contributed by atoms with Gasteiger partial charge in [0.25, 0.3) is 5.91 Å². The van der Waals surface area contributed by atoms with Crippen LogP contribution in [0.1, 0.15) is 28.0 Å². The van der Waals surface area contributed by atoms with Crippen molar-refractivity contribution >= 4 is 11.6 Å². The summed E-state index contributed by atoms with van der Waals surface area (Å²) in [6.07, 6.45) is 4.34. The summed E-state index contributed by atoms with van der Waals surface area (Å²) < 4.78 is 1.52. The molecule has 20 heavy (non-hydrogen) atoms. The number of nitrogens with one attached hydrogen (secondary N) is 1. The highest BCUT2D eigenvalue weighted by molar-refractivity contribution is 5.97. The van der Waals surface area contributed by atoms with Crippen molar-refractivity contribution in [2.24, 2.45) is 7.05 Å². The second kappa shape index (κ2) is 5.00. The Morgan fingerprint density at radius 1 is 1.40 bits per heavy atom. The monoisotopic (exact) mass is 270 g/mol. The van der Waals surface area contributed by atoms with Crippen LogP contribution in [0.15, 0.2) is 30.5 Å². The number of aryl methyl sites for hydroxylation is 2. The van der Waals surface area contributed by atoms with E-state index < -0.39 is 0 Å². The SMILES string of the molecule is Cn1ncc(N)c1C(=O)NC1CCc2ccccc2C1. The summed E-state index contributed by atoms with van der Waals surface area (Å²) in [7, 11) is 1.72. The summed E-state index contributed by atoms with van der Waals surface area (Å²) in [5.41, 5.74) is 9.34. The van der Waals surface area contributed by atoms with Gasteiger partial charge in [-0.1, -0.05) is 24.3 Å². The molecule has 1 aliphatic rings. The predicted molar refractivity (Wildman–Crippen MR) is 77.3 cm³/mol. The number of fused-ring (bicyclic) bond motifs is 1. The van der Waals surface area contributed by atoms with Gasteiger partial charge in [-0.25, -0.2) is 0 Å². The number of amides is 1. The summed E-state index contributed by atoms with van der Waals surface area (Å²) in [5, 5.41) is 7.06. The Morgan fingerprint density at radius 2 is 2.15 bits per heavy atom. The Bertz CT molecular complexity index is 628. The Labute approximate surface area is 117 Å². The van der Waals surface area contributed by atoms with Gasteiger partial charge in [-0.2, -0.15) is 5.10 Å². The number of hydrogen-bond acceptors (Lipinski definition) is 3. The fourth-order valence-electron chi connectivity index (χ4n) is 2.81. The van der Waals surface area contributed by atoms with Gasteiger partial charge in [-0.05, 0) is 30.4 Å². The number of nitrogens with two attached hydrogens (primary N) is 1. The molecule has 1 heterocycles. The quantitative estimate of drug-likeness (QED) is 0.863. The summed E-state index contributed by atoms with van der Waals surface area (Å²) in [5.74, 6) is -0.146. The van der Waals surface area contributed by atoms with Gasteiger partial charge < -0.3 is 11.1 Å². The third kappa shape index (κ3) is 2.27. The molecule has 3 rings (SSSR count). The number of hydrogen-bond donors (Lipinski definition) is 2. The Hall–Kier alpha value is -2.30. The maximum Gasteiger partial charge on any atom is 0.271 e. The minimum absolute atomic E-state index is 0.146. The molecule has 1 unspecified atom stereocenters. The van der Waals surface area contributed by atoms with Crippen LogP contribution in [0.25, 0.3) is 0 Å². The van der Waals surface area contributed by atoms with Gasteiger partial charge in [0.2, 0.25) is 0 Å². The Balaban J connectivity index is 1.73. The van der Waals surface area contributed by atoms with Crippen LogP contribution in [0.5, 0.6) is 0 Å². The second-order valence-electron chi connectivity index (χ2n) is 5.25. The summed E-state index contributed by atoms with van der Waals surface area (Å²) in [4.78, 5) is 12.3. The van der Waals surface area contributed by atoms with Crippen LogP contribution in [0, 0.1) is 0 Å². The largest absolute Gasteiger partial charge is 0.396 e. The lowest BCUT2D eigenvalue weighted by molar-refractivity contribution is 0.0925. The van der Waals surface area contributed by atoms with Crippen molar-refractivity contribution in [3.8, 4) is 0 Å². The van der Waals surface area contributed by atoms with Gasteiger partial charge in [-0.15, -0.1) is 0 Å². The van der Waals surface area contributed by atoms with Crippen molar-refractivity contribution in [3.05, 3.63) is 47.3 Å². The van der Waals surface area contributed by atoms with E-state index in [0.29, 0.717) is 11.4 Å². The minimum Gasteiger partial charge on any atom is -0.396 e. The second-order valence-corrected chi connectivity index (χ2v) is 5.25. The Kier molecular flexibility index (Phi) is 3.18. The molecular formula is C15H18N4O. The van der Waals surface area contributed by atoms with Crippen molar-refractivity contribution < 1.29 is 4.79 Å². The van der Waals surface area contributed by atoms with Crippen molar-refractivity contribution in [1.29, 1.82) is 0 Å². The number of nitrogens with zero attached hydrogens (tertiary/aromatic N) is 2. The fraction of sp³-hybridized carbons (Fsp3) is 0.333. The molecule has 0 radical (unpaired) electrons. The third-order valence-electron chi connectivity index (χ3n) is 3.86. The smallest absolute Gasteiger partial charge is 0.271 e. The number of carbonyl (C=O) groups excluding carboxylic acids is 1.